The number of carbonyl (C=O) groups is 3. The maximum Gasteiger partial charge on any atom is 0.336 e. The van der Waals surface area contributed by atoms with Crippen LogP contribution in [0.3, 0.4) is 0 Å². The number of fused-ring (bicyclic) bond motifs is 2. The highest BCUT2D eigenvalue weighted by atomic mass is 35.5. The lowest BCUT2D eigenvalue weighted by molar-refractivity contribution is -0.130. The van der Waals surface area contributed by atoms with Gasteiger partial charge >= 0.3 is 22.1 Å². The average Bonchev–Trinajstić information content (AvgIpc) is 1.61. The van der Waals surface area contributed by atoms with Gasteiger partial charge in [0.25, 0.3) is 0 Å². The molecule has 10 aromatic carbocycles. The molecule has 4 aromatic heterocycles. The molecule has 0 spiro atoms. The lowest BCUT2D eigenvalue weighted by Gasteiger charge is -2.36. The number of benzene rings is 10. The molecule has 2 unspecified atom stereocenters. The van der Waals surface area contributed by atoms with Crippen LogP contribution in [0.15, 0.2) is 243 Å². The number of amides is 1. The summed E-state index contributed by atoms with van der Waals surface area (Å²) in [5.74, 6) is 0.595. The quantitative estimate of drug-likeness (QED) is 0.0483. The number of hydrogen-bond acceptors (Lipinski definition) is 13. The fourth-order valence-corrected chi connectivity index (χ4v) is 18.2. The van der Waals surface area contributed by atoms with Crippen molar-refractivity contribution in [2.24, 2.45) is 0 Å². The molecule has 2 atom stereocenters. The van der Waals surface area contributed by atoms with Gasteiger partial charge in [-0.25, -0.2) is 28.9 Å². The second-order valence-electron chi connectivity index (χ2n) is 35.4. The summed E-state index contributed by atoms with van der Waals surface area (Å²) in [7, 11) is -3.88. The fourth-order valence-electron chi connectivity index (χ4n) is 16.8. The Kier molecular flexibility index (Phi) is 27.2. The number of halogens is 2. The Labute approximate surface area is 764 Å². The lowest BCUT2D eigenvalue weighted by atomic mass is 9.87. The van der Waals surface area contributed by atoms with E-state index in [0.29, 0.717) is 137 Å². The summed E-state index contributed by atoms with van der Waals surface area (Å²) in [6, 6.07) is 77.9. The minimum absolute atomic E-state index is 0.0499. The van der Waals surface area contributed by atoms with Crippen molar-refractivity contribution in [1.82, 2.24) is 38.7 Å². The molecule has 20 nitrogen and oxygen atoms in total. The highest BCUT2D eigenvalue weighted by Crippen LogP contribution is 2.39. The molecular weight excluding hydrogens is 1670 g/mol. The van der Waals surface area contributed by atoms with Crippen LogP contribution in [0.4, 0.5) is 17.1 Å². The van der Waals surface area contributed by atoms with E-state index in [1.165, 1.54) is 21.1 Å². The third-order valence-corrected chi connectivity index (χ3v) is 26.6. The molecule has 2 saturated heterocycles. The van der Waals surface area contributed by atoms with Gasteiger partial charge in [0.1, 0.15) is 23.0 Å². The van der Waals surface area contributed by atoms with Crippen LogP contribution in [-0.2, 0) is 45.1 Å². The molecule has 0 aliphatic carbocycles. The standard InChI is InChI=1S/C54H54ClN5O4.C52H53ClN6O5S/c1-35-29-46(30-36(2)51(35)55)64-45-23-16-41(17-24-45)48(60-52-50(37(3)57-60)47(53(62)63)34-43(56-52)20-15-38-11-8-7-9-12-38)32-39-13-10-14-40(31-39)33-49(61)59-27-25-58(26-28-59)44-21-18-42(19-22-44)54(4,5)6;1-34-29-45(30-35(2)49(34)53)64-44-23-16-39(17-24-44)47(59-50-48(36(3)55-59)46(51(60)61)33-41(54-50)20-15-37-11-8-7-9-12-37)32-38-13-10-14-42(31-38)56-65(62,63)58-27-25-57(26-28-58)43-21-18-40(19-22-43)52(4,5)6/h7-24,29-31,34,48H,25-28,32-33H2,1-6H3,(H,62,63);7-24,29-31,33,47,56H,25-28,32H2,1-6H3,(H,60,61)/b2*20-15+. The molecule has 16 rings (SSSR count). The topological polar surface area (TPSA) is 231 Å². The smallest absolute Gasteiger partial charge is 0.336 e. The number of rotatable bonds is 25. The number of ether oxygens (including phenoxy) is 2. The number of pyridine rings is 2. The van der Waals surface area contributed by atoms with Crippen molar-refractivity contribution in [1.29, 1.82) is 0 Å². The number of aromatic carboxylic acids is 2. The molecule has 23 heteroatoms. The average molecular weight is 1780 g/mol. The second kappa shape index (κ2) is 38.8. The van der Waals surface area contributed by atoms with Gasteiger partial charge in [-0.05, 0) is 247 Å². The number of nitrogens with zero attached hydrogens (tertiary/aromatic N) is 10. The third kappa shape index (κ3) is 21.6. The monoisotopic (exact) mass is 1780 g/mol. The van der Waals surface area contributed by atoms with Gasteiger partial charge in [0.2, 0.25) is 5.91 Å². The first kappa shape index (κ1) is 90.6. The summed E-state index contributed by atoms with van der Waals surface area (Å²) in [6.45, 7) is 29.3. The van der Waals surface area contributed by atoms with Crippen LogP contribution in [0.25, 0.3) is 46.4 Å². The van der Waals surface area contributed by atoms with E-state index in [1.807, 2.05) is 226 Å². The highest BCUT2D eigenvalue weighted by molar-refractivity contribution is 7.90. The predicted molar refractivity (Wildman–Crippen MR) is 520 cm³/mol. The zero-order valence-corrected chi connectivity index (χ0v) is 77.1. The van der Waals surface area contributed by atoms with Crippen LogP contribution in [0, 0.1) is 41.5 Å². The van der Waals surface area contributed by atoms with Gasteiger partial charge in [0.15, 0.2) is 11.3 Å². The first-order valence-electron chi connectivity index (χ1n) is 43.5. The normalized spacial score (nSPS) is 14.0. The van der Waals surface area contributed by atoms with E-state index < -0.39 is 34.2 Å². The van der Waals surface area contributed by atoms with Crippen molar-refractivity contribution in [3.05, 3.63) is 359 Å². The van der Waals surface area contributed by atoms with Crippen LogP contribution in [0.5, 0.6) is 23.0 Å². The van der Waals surface area contributed by atoms with Crippen molar-refractivity contribution in [3.8, 4) is 23.0 Å². The van der Waals surface area contributed by atoms with Gasteiger partial charge in [-0.2, -0.15) is 22.9 Å². The highest BCUT2D eigenvalue weighted by Gasteiger charge is 2.32. The molecule has 0 bridgehead atoms. The van der Waals surface area contributed by atoms with Crippen LogP contribution < -0.4 is 24.0 Å². The maximum atomic E-state index is 13.9. The Morgan fingerprint density at radius 3 is 1.23 bits per heavy atom. The van der Waals surface area contributed by atoms with E-state index in [-0.39, 0.29) is 27.9 Å². The van der Waals surface area contributed by atoms with Crippen molar-refractivity contribution >= 4 is 115 Å². The first-order valence-corrected chi connectivity index (χ1v) is 45.7. The molecular formula is C106H107Cl2N11O9S. The molecule has 2 aliphatic heterocycles. The predicted octanol–water partition coefficient (Wildman–Crippen LogP) is 23.0. The van der Waals surface area contributed by atoms with Gasteiger partial charge in [0.05, 0.1) is 68.9 Å². The Morgan fingerprint density at radius 1 is 0.442 bits per heavy atom. The molecule has 2 aliphatic rings. The summed E-state index contributed by atoms with van der Waals surface area (Å²) in [5, 5.41) is 33.3. The summed E-state index contributed by atoms with van der Waals surface area (Å²) < 4.78 is 48.2. The number of carboxylic acids is 2. The Hall–Kier alpha value is -13.2. The van der Waals surface area contributed by atoms with E-state index in [1.54, 1.807) is 35.9 Å². The van der Waals surface area contributed by atoms with Gasteiger partial charge in [-0.1, -0.05) is 222 Å². The van der Waals surface area contributed by atoms with Crippen LogP contribution in [-0.4, -0.2) is 128 Å². The van der Waals surface area contributed by atoms with E-state index >= 15 is 0 Å². The number of aromatic nitrogens is 6. The van der Waals surface area contributed by atoms with Crippen molar-refractivity contribution in [3.63, 3.8) is 0 Å². The third-order valence-electron chi connectivity index (χ3n) is 23.9. The maximum absolute atomic E-state index is 13.9. The summed E-state index contributed by atoms with van der Waals surface area (Å²) >= 11 is 12.9. The molecule has 660 valence electrons. The molecule has 0 radical (unpaired) electrons. The molecule has 6 heterocycles. The van der Waals surface area contributed by atoms with E-state index in [0.717, 1.165) is 85.0 Å². The molecule has 1 amide bonds. The summed E-state index contributed by atoms with van der Waals surface area (Å²) in [4.78, 5) is 56.0. The zero-order valence-electron chi connectivity index (χ0n) is 74.7. The summed E-state index contributed by atoms with van der Waals surface area (Å²) in [5.41, 5.74) is 18.7. The number of carbonyl (C=O) groups excluding carboxylic acids is 1. The van der Waals surface area contributed by atoms with Gasteiger partial charge in [-0.3, -0.25) is 9.52 Å². The number of aryl methyl sites for hydroxylation is 6. The summed E-state index contributed by atoms with van der Waals surface area (Å²) in [6.07, 6.45) is 8.60. The van der Waals surface area contributed by atoms with Crippen LogP contribution >= 0.6 is 23.2 Å². The van der Waals surface area contributed by atoms with Crippen LogP contribution in [0.1, 0.15) is 169 Å². The second-order valence-corrected chi connectivity index (χ2v) is 37.8. The van der Waals surface area contributed by atoms with Crippen molar-refractivity contribution in [2.45, 2.75) is 125 Å². The first-order chi connectivity index (χ1) is 61.7. The number of nitrogens with one attached hydrogen (secondary N) is 1. The van der Waals surface area contributed by atoms with Gasteiger partial charge in [0, 0.05) is 73.8 Å². The lowest BCUT2D eigenvalue weighted by Crippen LogP contribution is -2.50. The Balaban J connectivity index is 0.000000198. The van der Waals surface area contributed by atoms with Crippen LogP contribution in [0.2, 0.25) is 10.0 Å². The number of anilines is 3. The number of carboxylic acid groups (broad SMARTS) is 2. The van der Waals surface area contributed by atoms with Crippen molar-refractivity contribution in [2.75, 3.05) is 66.9 Å². The molecule has 2 fully saturated rings. The minimum atomic E-state index is -3.88. The molecule has 129 heavy (non-hydrogen) atoms. The van der Waals surface area contributed by atoms with Gasteiger partial charge in [-0.15, -0.1) is 0 Å². The molecule has 3 N–H and O–H groups in total. The SMILES string of the molecule is Cc1cc(Oc2ccc(C(Cc3cccc(CC(=O)N4CCN(c5ccc(C(C)(C)C)cc5)CC4)c3)n3nc(C)c4c(C(=O)O)cc(/C=C/c5ccccc5)nc43)cc2)cc(C)c1Cl.Cc1cc(Oc2ccc(C(Cc3cccc(NS(=O)(=O)N4CCN(c5ccc(C(C)(C)C)cc5)CC4)c3)n3nc(C)c4c(C(=O)O)cc(/C=C/c5ccccc5)nc43)cc2)cc(C)c1Cl. The Morgan fingerprint density at radius 2 is 0.829 bits per heavy atom. The molecule has 0 saturated carbocycles. The minimum Gasteiger partial charge on any atom is -0.478 e. The van der Waals surface area contributed by atoms with Gasteiger partial charge < -0.3 is 34.4 Å². The Bertz CT molecular complexity index is 6590. The molecule has 14 aromatic rings. The van der Waals surface area contributed by atoms with Crippen molar-refractivity contribution < 1.29 is 42.5 Å². The zero-order chi connectivity index (χ0) is 91.2. The number of hydrogen-bond donors (Lipinski definition) is 3. The largest absolute Gasteiger partial charge is 0.478 e. The van der Waals surface area contributed by atoms with E-state index in [4.69, 9.17) is 52.8 Å². The van der Waals surface area contributed by atoms with E-state index in [9.17, 15) is 33.0 Å². The number of piperazine rings is 2. The van der Waals surface area contributed by atoms with E-state index in [2.05, 4.69) is 117 Å². The fraction of sp³-hybridized carbons (Fsp3) is 0.255.